The van der Waals surface area contributed by atoms with Gasteiger partial charge in [-0.25, -0.2) is 9.69 Å². The Balaban J connectivity index is 2.01. The van der Waals surface area contributed by atoms with Gasteiger partial charge in [0.1, 0.15) is 6.61 Å². The summed E-state index contributed by atoms with van der Waals surface area (Å²) < 4.78 is 4.82. The molecule has 90 valence electrons. The predicted molar refractivity (Wildman–Crippen MR) is 62.4 cm³/mol. The molecule has 0 aromatic heterocycles. The number of rotatable bonds is 1. The molecule has 1 aliphatic heterocycles. The zero-order valence-electron chi connectivity index (χ0n) is 9.37. The molecular weight excluding hydrogens is 274 g/mol. The van der Waals surface area contributed by atoms with E-state index in [2.05, 4.69) is 22.9 Å². The first-order valence-electron chi connectivity index (χ1n) is 5.67. The second kappa shape index (κ2) is 4.35. The summed E-state index contributed by atoms with van der Waals surface area (Å²) in [6.07, 6.45) is 3.31. The van der Waals surface area contributed by atoms with Gasteiger partial charge in [-0.15, -0.1) is 0 Å². The lowest BCUT2D eigenvalue weighted by molar-refractivity contribution is -0.133. The summed E-state index contributed by atoms with van der Waals surface area (Å²) >= 11 is 3.64. The lowest BCUT2D eigenvalue weighted by Gasteiger charge is -2.33. The van der Waals surface area contributed by atoms with Crippen molar-refractivity contribution in [1.29, 1.82) is 0 Å². The number of hydrogen-bond acceptors (Lipinski definition) is 3. The second-order valence-corrected chi connectivity index (χ2v) is 6.73. The van der Waals surface area contributed by atoms with E-state index < -0.39 is 6.09 Å². The lowest BCUT2D eigenvalue weighted by Crippen LogP contribution is -2.40. The van der Waals surface area contributed by atoms with Crippen LogP contribution in [0.2, 0.25) is 0 Å². The Labute approximate surface area is 103 Å². The summed E-state index contributed by atoms with van der Waals surface area (Å²) in [7, 11) is 0. The number of nitrogens with zero attached hydrogens (tertiary/aromatic N) is 1. The topological polar surface area (TPSA) is 46.6 Å². The highest BCUT2D eigenvalue weighted by Gasteiger charge is 2.38. The number of carbonyl (C=O) groups is 2. The van der Waals surface area contributed by atoms with E-state index >= 15 is 0 Å². The van der Waals surface area contributed by atoms with Gasteiger partial charge in [-0.05, 0) is 26.2 Å². The highest BCUT2D eigenvalue weighted by molar-refractivity contribution is 9.10. The van der Waals surface area contributed by atoms with E-state index in [0.717, 1.165) is 25.7 Å². The fourth-order valence-corrected chi connectivity index (χ4v) is 3.13. The maximum Gasteiger partial charge on any atom is 0.416 e. The van der Waals surface area contributed by atoms with Crippen LogP contribution in [0.5, 0.6) is 0 Å². The van der Waals surface area contributed by atoms with Crippen molar-refractivity contribution in [2.24, 2.45) is 5.92 Å². The molecule has 16 heavy (non-hydrogen) atoms. The molecule has 0 aromatic rings. The Morgan fingerprint density at radius 3 is 2.94 bits per heavy atom. The standard InChI is InChI=1S/C11H16BrNO3/c1-11(12)4-2-3-8(7-11)9(14)13-5-6-16-10(13)15/h8H,2-7H2,1H3/t8-,11-/m1/s1. The molecule has 0 bridgehead atoms. The van der Waals surface area contributed by atoms with Gasteiger partial charge < -0.3 is 4.74 Å². The minimum absolute atomic E-state index is 0.0369. The summed E-state index contributed by atoms with van der Waals surface area (Å²) in [4.78, 5) is 24.6. The highest BCUT2D eigenvalue weighted by atomic mass is 79.9. The van der Waals surface area contributed by atoms with Crippen LogP contribution < -0.4 is 0 Å². The minimum Gasteiger partial charge on any atom is -0.447 e. The van der Waals surface area contributed by atoms with Crippen molar-refractivity contribution < 1.29 is 14.3 Å². The first-order chi connectivity index (χ1) is 7.49. The number of cyclic esters (lactones) is 1. The third-order valence-corrected chi connectivity index (χ3v) is 4.02. The molecule has 2 atom stereocenters. The van der Waals surface area contributed by atoms with E-state index in [1.807, 2.05) is 0 Å². The first-order valence-corrected chi connectivity index (χ1v) is 6.46. The van der Waals surface area contributed by atoms with Gasteiger partial charge in [-0.2, -0.15) is 0 Å². The van der Waals surface area contributed by atoms with Gasteiger partial charge >= 0.3 is 6.09 Å². The third kappa shape index (κ3) is 2.39. The van der Waals surface area contributed by atoms with Crippen LogP contribution in [-0.2, 0) is 9.53 Å². The molecule has 0 aromatic carbocycles. The number of carbonyl (C=O) groups excluding carboxylic acids is 2. The zero-order valence-corrected chi connectivity index (χ0v) is 11.0. The fourth-order valence-electron chi connectivity index (χ4n) is 2.46. The van der Waals surface area contributed by atoms with Crippen LogP contribution in [0.4, 0.5) is 4.79 Å². The Kier molecular flexibility index (Phi) is 3.24. The maximum absolute atomic E-state index is 12.1. The number of alkyl halides is 1. The smallest absolute Gasteiger partial charge is 0.416 e. The van der Waals surface area contributed by atoms with Crippen molar-refractivity contribution in [2.45, 2.75) is 36.9 Å². The molecule has 1 aliphatic carbocycles. The second-order valence-electron chi connectivity index (χ2n) is 4.81. The van der Waals surface area contributed by atoms with Gasteiger partial charge in [0.25, 0.3) is 0 Å². The summed E-state index contributed by atoms with van der Waals surface area (Å²) in [5.41, 5.74) is 0. The van der Waals surface area contributed by atoms with E-state index in [0.29, 0.717) is 13.2 Å². The Morgan fingerprint density at radius 1 is 1.62 bits per heavy atom. The average molecular weight is 290 g/mol. The molecule has 2 amide bonds. The van der Waals surface area contributed by atoms with Crippen LogP contribution in [0.15, 0.2) is 0 Å². The van der Waals surface area contributed by atoms with Crippen LogP contribution >= 0.6 is 15.9 Å². The summed E-state index contributed by atoms with van der Waals surface area (Å²) in [6.45, 7) is 2.85. The van der Waals surface area contributed by atoms with Crippen molar-refractivity contribution in [3.63, 3.8) is 0 Å². The molecule has 1 heterocycles. The largest absolute Gasteiger partial charge is 0.447 e. The zero-order chi connectivity index (χ0) is 11.8. The van der Waals surface area contributed by atoms with Gasteiger partial charge in [0, 0.05) is 10.2 Å². The summed E-state index contributed by atoms with van der Waals surface area (Å²) in [5.74, 6) is -0.100. The fraction of sp³-hybridized carbons (Fsp3) is 0.818. The molecule has 1 saturated heterocycles. The van der Waals surface area contributed by atoms with Crippen molar-refractivity contribution in [3.8, 4) is 0 Å². The van der Waals surface area contributed by atoms with Crippen molar-refractivity contribution in [1.82, 2.24) is 4.90 Å². The van der Waals surface area contributed by atoms with Crippen LogP contribution in [0.25, 0.3) is 0 Å². The molecule has 0 spiro atoms. The summed E-state index contributed by atoms with van der Waals surface area (Å²) in [5, 5.41) is 0. The Hall–Kier alpha value is -0.580. The highest BCUT2D eigenvalue weighted by Crippen LogP contribution is 2.39. The molecule has 0 radical (unpaired) electrons. The van der Waals surface area contributed by atoms with Crippen molar-refractivity contribution >= 4 is 27.9 Å². The molecular formula is C11H16BrNO3. The van der Waals surface area contributed by atoms with Gasteiger partial charge in [0.2, 0.25) is 5.91 Å². The molecule has 2 aliphatic rings. The SMILES string of the molecule is C[C@@]1(Br)CCC[C@@H](C(=O)N2CCOC2=O)C1. The number of amides is 2. The monoisotopic (exact) mass is 289 g/mol. The van der Waals surface area contributed by atoms with E-state index in [-0.39, 0.29) is 16.1 Å². The number of hydrogen-bond donors (Lipinski definition) is 0. The Morgan fingerprint density at radius 2 is 2.38 bits per heavy atom. The molecule has 5 heteroatoms. The van der Waals surface area contributed by atoms with E-state index in [9.17, 15) is 9.59 Å². The molecule has 1 saturated carbocycles. The lowest BCUT2D eigenvalue weighted by atomic mass is 9.81. The predicted octanol–water partition coefficient (Wildman–Crippen LogP) is 2.31. The van der Waals surface area contributed by atoms with E-state index in [1.54, 1.807) is 0 Å². The van der Waals surface area contributed by atoms with Crippen LogP contribution in [-0.4, -0.2) is 34.4 Å². The average Bonchev–Trinajstić information content (AvgIpc) is 2.62. The maximum atomic E-state index is 12.1. The van der Waals surface area contributed by atoms with E-state index in [4.69, 9.17) is 4.74 Å². The van der Waals surface area contributed by atoms with Gasteiger partial charge in [-0.3, -0.25) is 4.79 Å². The van der Waals surface area contributed by atoms with Crippen LogP contribution in [0.3, 0.4) is 0 Å². The molecule has 0 unspecified atom stereocenters. The minimum atomic E-state index is -0.480. The summed E-state index contributed by atoms with van der Waals surface area (Å²) in [6, 6.07) is 0. The number of halogens is 1. The normalized spacial score (nSPS) is 35.0. The van der Waals surface area contributed by atoms with E-state index in [1.165, 1.54) is 4.90 Å². The van der Waals surface area contributed by atoms with Crippen molar-refractivity contribution in [3.05, 3.63) is 0 Å². The van der Waals surface area contributed by atoms with Gasteiger partial charge in [0.05, 0.1) is 6.54 Å². The molecule has 2 fully saturated rings. The van der Waals surface area contributed by atoms with Crippen molar-refractivity contribution in [2.75, 3.05) is 13.2 Å². The first kappa shape index (κ1) is 11.9. The van der Waals surface area contributed by atoms with Crippen LogP contribution in [0.1, 0.15) is 32.6 Å². The number of ether oxygens (including phenoxy) is 1. The quantitative estimate of drug-likeness (QED) is 0.696. The Bertz CT molecular complexity index is 316. The van der Waals surface area contributed by atoms with Gasteiger partial charge in [0.15, 0.2) is 0 Å². The van der Waals surface area contributed by atoms with Crippen LogP contribution in [0, 0.1) is 5.92 Å². The third-order valence-electron chi connectivity index (χ3n) is 3.30. The molecule has 4 nitrogen and oxygen atoms in total. The molecule has 0 N–H and O–H groups in total. The van der Waals surface area contributed by atoms with Gasteiger partial charge in [-0.1, -0.05) is 22.4 Å². The number of imide groups is 1. The molecule has 2 rings (SSSR count).